The van der Waals surface area contributed by atoms with Gasteiger partial charge in [0.05, 0.1) is 25.7 Å². The molecule has 1 aromatic heterocycles. The van der Waals surface area contributed by atoms with Crippen LogP contribution in [0.2, 0.25) is 0 Å². The maximum atomic E-state index is 12.1. The number of likely N-dealkylation sites (N-methyl/N-ethyl adjacent to an activating group) is 1. The lowest BCUT2D eigenvalue weighted by molar-refractivity contribution is -0.125. The highest BCUT2D eigenvalue weighted by atomic mass is 32.1. The van der Waals surface area contributed by atoms with Crippen molar-refractivity contribution in [2.45, 2.75) is 26.4 Å². The minimum Gasteiger partial charge on any atom is -0.379 e. The van der Waals surface area contributed by atoms with Crippen LogP contribution in [-0.2, 0) is 16.1 Å². The highest BCUT2D eigenvalue weighted by Gasteiger charge is 2.33. The molecule has 2 unspecified atom stereocenters. The van der Waals surface area contributed by atoms with Gasteiger partial charge in [0.15, 0.2) is 0 Å². The van der Waals surface area contributed by atoms with Crippen LogP contribution in [0.25, 0.3) is 0 Å². The van der Waals surface area contributed by atoms with E-state index in [1.54, 1.807) is 11.3 Å². The number of nitrogens with one attached hydrogen (secondary N) is 2. The Morgan fingerprint density at radius 3 is 3.11 bits per heavy atom. The maximum Gasteiger partial charge on any atom is 0.227 e. The van der Waals surface area contributed by atoms with Crippen LogP contribution in [0, 0.1) is 12.8 Å². The zero-order valence-electron chi connectivity index (χ0n) is 10.7. The van der Waals surface area contributed by atoms with Crippen molar-refractivity contribution in [2.75, 3.05) is 19.8 Å². The summed E-state index contributed by atoms with van der Waals surface area (Å²) in [6.45, 7) is 6.46. The van der Waals surface area contributed by atoms with Crippen LogP contribution >= 0.6 is 11.3 Å². The largest absolute Gasteiger partial charge is 0.379 e. The van der Waals surface area contributed by atoms with Crippen molar-refractivity contribution in [3.05, 3.63) is 16.1 Å². The van der Waals surface area contributed by atoms with Gasteiger partial charge in [-0.2, -0.15) is 0 Å². The van der Waals surface area contributed by atoms with Gasteiger partial charge in [-0.15, -0.1) is 11.3 Å². The Balaban J connectivity index is 1.83. The van der Waals surface area contributed by atoms with E-state index < -0.39 is 0 Å². The number of carbonyl (C=O) groups excluding carboxylic acids is 1. The molecule has 0 spiro atoms. The maximum absolute atomic E-state index is 12.1. The minimum absolute atomic E-state index is 0.0475. The standard InChI is InChI=1S/C12H19N3O2S/c1-3-13-10-6-17-5-9(10)12(16)14-4-11-15-8(2)7-18-11/h7,9-10,13H,3-6H2,1-2H3,(H,14,16). The summed E-state index contributed by atoms with van der Waals surface area (Å²) in [5, 5.41) is 9.14. The van der Waals surface area contributed by atoms with Gasteiger partial charge in [-0.3, -0.25) is 4.79 Å². The second kappa shape index (κ2) is 6.26. The number of amides is 1. The van der Waals surface area contributed by atoms with Crippen molar-refractivity contribution in [1.82, 2.24) is 15.6 Å². The molecule has 0 radical (unpaired) electrons. The summed E-state index contributed by atoms with van der Waals surface area (Å²) in [6.07, 6.45) is 0. The Kier molecular flexibility index (Phi) is 4.68. The monoisotopic (exact) mass is 269 g/mol. The molecule has 1 aromatic rings. The Morgan fingerprint density at radius 1 is 1.61 bits per heavy atom. The molecule has 100 valence electrons. The molecule has 2 rings (SSSR count). The van der Waals surface area contributed by atoms with Gasteiger partial charge in [-0.05, 0) is 13.5 Å². The second-order valence-electron chi connectivity index (χ2n) is 4.41. The summed E-state index contributed by atoms with van der Waals surface area (Å²) in [5.74, 6) is -0.0442. The third-order valence-corrected chi connectivity index (χ3v) is 3.93. The summed E-state index contributed by atoms with van der Waals surface area (Å²) in [6, 6.07) is 0.132. The highest BCUT2D eigenvalue weighted by Crippen LogP contribution is 2.14. The number of rotatable bonds is 5. The average Bonchev–Trinajstić information content (AvgIpc) is 2.96. The van der Waals surface area contributed by atoms with Crippen molar-refractivity contribution < 1.29 is 9.53 Å². The first-order chi connectivity index (χ1) is 8.70. The van der Waals surface area contributed by atoms with Crippen molar-refractivity contribution in [3.63, 3.8) is 0 Å². The van der Waals surface area contributed by atoms with Gasteiger partial charge in [-0.25, -0.2) is 4.98 Å². The van der Waals surface area contributed by atoms with Gasteiger partial charge in [0.1, 0.15) is 5.01 Å². The number of hydrogen-bond acceptors (Lipinski definition) is 5. The van der Waals surface area contributed by atoms with Crippen LogP contribution < -0.4 is 10.6 Å². The van der Waals surface area contributed by atoms with Crippen molar-refractivity contribution >= 4 is 17.2 Å². The molecular weight excluding hydrogens is 250 g/mol. The third-order valence-electron chi connectivity index (χ3n) is 2.96. The fourth-order valence-electron chi connectivity index (χ4n) is 2.05. The first-order valence-corrected chi connectivity index (χ1v) is 7.08. The number of aryl methyl sites for hydroxylation is 1. The van der Waals surface area contributed by atoms with Gasteiger partial charge in [0, 0.05) is 17.1 Å². The number of aromatic nitrogens is 1. The van der Waals surface area contributed by atoms with Crippen LogP contribution in [0.15, 0.2) is 5.38 Å². The molecule has 1 saturated heterocycles. The molecular formula is C12H19N3O2S. The molecule has 5 nitrogen and oxygen atoms in total. The van der Waals surface area contributed by atoms with Crippen molar-refractivity contribution in [3.8, 4) is 0 Å². The predicted molar refractivity (Wildman–Crippen MR) is 70.5 cm³/mol. The Morgan fingerprint density at radius 2 is 2.44 bits per heavy atom. The second-order valence-corrected chi connectivity index (χ2v) is 5.35. The number of ether oxygens (including phenoxy) is 1. The number of carbonyl (C=O) groups is 1. The lowest BCUT2D eigenvalue weighted by atomic mass is 10.0. The van der Waals surface area contributed by atoms with Gasteiger partial charge in [-0.1, -0.05) is 6.92 Å². The number of hydrogen-bond donors (Lipinski definition) is 2. The number of thiazole rings is 1. The molecule has 6 heteroatoms. The van der Waals surface area contributed by atoms with Gasteiger partial charge >= 0.3 is 0 Å². The molecule has 1 amide bonds. The zero-order valence-corrected chi connectivity index (χ0v) is 11.5. The van der Waals surface area contributed by atoms with E-state index in [-0.39, 0.29) is 17.9 Å². The molecule has 0 aliphatic carbocycles. The summed E-state index contributed by atoms with van der Waals surface area (Å²) < 4.78 is 5.36. The van der Waals surface area contributed by atoms with Crippen LogP contribution in [0.3, 0.4) is 0 Å². The fraction of sp³-hybridized carbons (Fsp3) is 0.667. The van der Waals surface area contributed by atoms with E-state index in [2.05, 4.69) is 15.6 Å². The molecule has 2 N–H and O–H groups in total. The van der Waals surface area contributed by atoms with E-state index in [1.807, 2.05) is 19.2 Å². The highest BCUT2D eigenvalue weighted by molar-refractivity contribution is 7.09. The van der Waals surface area contributed by atoms with Gasteiger partial charge in [0.25, 0.3) is 0 Å². The van der Waals surface area contributed by atoms with Gasteiger partial charge < -0.3 is 15.4 Å². The lowest BCUT2D eigenvalue weighted by Gasteiger charge is -2.17. The quantitative estimate of drug-likeness (QED) is 0.825. The van der Waals surface area contributed by atoms with E-state index in [1.165, 1.54) is 0 Å². The third kappa shape index (κ3) is 3.28. The van der Waals surface area contributed by atoms with E-state index in [9.17, 15) is 4.79 Å². The zero-order chi connectivity index (χ0) is 13.0. The van der Waals surface area contributed by atoms with Crippen LogP contribution in [-0.4, -0.2) is 36.7 Å². The Labute approximate surface area is 111 Å². The SMILES string of the molecule is CCNC1COCC1C(=O)NCc1nc(C)cs1. The van der Waals surface area contributed by atoms with E-state index in [0.717, 1.165) is 17.2 Å². The fourth-order valence-corrected chi connectivity index (χ4v) is 2.77. The van der Waals surface area contributed by atoms with Crippen LogP contribution in [0.1, 0.15) is 17.6 Å². The first kappa shape index (κ1) is 13.5. The summed E-state index contributed by atoms with van der Waals surface area (Å²) >= 11 is 1.57. The molecule has 18 heavy (non-hydrogen) atoms. The van der Waals surface area contributed by atoms with E-state index in [4.69, 9.17) is 4.74 Å². The minimum atomic E-state index is -0.0917. The molecule has 0 aromatic carbocycles. The smallest absolute Gasteiger partial charge is 0.227 e. The van der Waals surface area contributed by atoms with Crippen molar-refractivity contribution in [1.29, 1.82) is 0 Å². The molecule has 2 heterocycles. The van der Waals surface area contributed by atoms with Crippen LogP contribution in [0.5, 0.6) is 0 Å². The Bertz CT molecular complexity index is 408. The number of nitrogens with zero attached hydrogens (tertiary/aromatic N) is 1. The van der Waals surface area contributed by atoms with Gasteiger partial charge in [0.2, 0.25) is 5.91 Å². The Hall–Kier alpha value is -0.980. The molecule has 1 aliphatic rings. The molecule has 1 fully saturated rings. The molecule has 2 atom stereocenters. The molecule has 0 saturated carbocycles. The molecule has 0 bridgehead atoms. The van der Waals surface area contributed by atoms with Crippen molar-refractivity contribution in [2.24, 2.45) is 5.92 Å². The summed E-state index contributed by atoms with van der Waals surface area (Å²) in [4.78, 5) is 16.4. The normalized spacial score (nSPS) is 23.2. The molecule has 1 aliphatic heterocycles. The summed E-state index contributed by atoms with van der Waals surface area (Å²) in [7, 11) is 0. The van der Waals surface area contributed by atoms with Crippen LogP contribution in [0.4, 0.5) is 0 Å². The predicted octanol–water partition coefficient (Wildman–Crippen LogP) is 0.692. The average molecular weight is 269 g/mol. The van der Waals surface area contributed by atoms with E-state index in [0.29, 0.717) is 19.8 Å². The topological polar surface area (TPSA) is 63.2 Å². The lowest BCUT2D eigenvalue weighted by Crippen LogP contribution is -2.43. The summed E-state index contributed by atoms with van der Waals surface area (Å²) in [5.41, 5.74) is 0.999. The first-order valence-electron chi connectivity index (χ1n) is 6.20. The van der Waals surface area contributed by atoms with E-state index >= 15 is 0 Å².